The number of pyridine rings is 1. The molecule has 1 heterocycles. The molecule has 0 unspecified atom stereocenters. The quantitative estimate of drug-likeness (QED) is 0.612. The van der Waals surface area contributed by atoms with Gasteiger partial charge in [0.2, 0.25) is 5.88 Å². The number of terminal acetylenes is 1. The minimum absolute atomic E-state index is 0.109. The molecule has 4 nitrogen and oxygen atoms in total. The van der Waals surface area contributed by atoms with Crippen LogP contribution in [0.2, 0.25) is 0 Å². The number of carbonyl (C=O) groups excluding carboxylic acids is 1. The number of hydrogen-bond donors (Lipinski definition) is 1. The zero-order valence-electron chi connectivity index (χ0n) is 6.15. The van der Waals surface area contributed by atoms with Gasteiger partial charge in [-0.3, -0.25) is 0 Å². The van der Waals surface area contributed by atoms with Crippen LogP contribution in [0.15, 0.2) is 18.2 Å². The number of carbonyl (C=O) groups is 1. The van der Waals surface area contributed by atoms with Gasteiger partial charge in [-0.15, -0.1) is 6.42 Å². The van der Waals surface area contributed by atoms with Crippen molar-refractivity contribution >= 4 is 6.09 Å². The van der Waals surface area contributed by atoms with Crippen LogP contribution in [0.3, 0.4) is 0 Å². The second kappa shape index (κ2) is 3.39. The molecule has 0 spiro atoms. The van der Waals surface area contributed by atoms with E-state index in [1.54, 1.807) is 12.1 Å². The van der Waals surface area contributed by atoms with Gasteiger partial charge in [0.1, 0.15) is 5.69 Å². The van der Waals surface area contributed by atoms with Crippen molar-refractivity contribution < 1.29 is 9.53 Å². The molecule has 60 valence electrons. The van der Waals surface area contributed by atoms with Crippen LogP contribution < -0.4 is 10.5 Å². The number of hydrogen-bond acceptors (Lipinski definition) is 3. The standard InChI is InChI=1S/C8H6N2O2/c1-2-6-4-3-5-7(10-6)12-8(9)11/h1,3-5H,(H2,9,11). The highest BCUT2D eigenvalue weighted by molar-refractivity contribution is 5.67. The largest absolute Gasteiger partial charge is 0.411 e. The molecule has 2 N–H and O–H groups in total. The van der Waals surface area contributed by atoms with Crippen molar-refractivity contribution in [1.82, 2.24) is 4.98 Å². The van der Waals surface area contributed by atoms with E-state index in [9.17, 15) is 4.79 Å². The molecule has 0 bridgehead atoms. The van der Waals surface area contributed by atoms with Gasteiger partial charge in [0.05, 0.1) is 0 Å². The highest BCUT2D eigenvalue weighted by atomic mass is 16.6. The van der Waals surface area contributed by atoms with Gasteiger partial charge in [-0.25, -0.2) is 9.78 Å². The molecular formula is C8H6N2O2. The van der Waals surface area contributed by atoms with E-state index in [1.165, 1.54) is 6.07 Å². The summed E-state index contributed by atoms with van der Waals surface area (Å²) in [7, 11) is 0. The van der Waals surface area contributed by atoms with E-state index < -0.39 is 6.09 Å². The lowest BCUT2D eigenvalue weighted by molar-refractivity contribution is 0.209. The topological polar surface area (TPSA) is 65.2 Å². The number of nitrogens with two attached hydrogens (primary N) is 1. The van der Waals surface area contributed by atoms with E-state index >= 15 is 0 Å². The summed E-state index contributed by atoms with van der Waals surface area (Å²) in [6.45, 7) is 0. The SMILES string of the molecule is C#Cc1cccc(OC(N)=O)n1. The molecule has 1 amide bonds. The molecule has 1 aromatic heterocycles. The van der Waals surface area contributed by atoms with E-state index in [2.05, 4.69) is 15.6 Å². The Hall–Kier alpha value is -2.02. The fourth-order valence-corrected chi connectivity index (χ4v) is 0.655. The first-order valence-electron chi connectivity index (χ1n) is 3.13. The molecule has 1 aromatic rings. The van der Waals surface area contributed by atoms with E-state index in [0.717, 1.165) is 0 Å². The molecule has 0 fully saturated rings. The van der Waals surface area contributed by atoms with Crippen LogP contribution in [0, 0.1) is 12.3 Å². The van der Waals surface area contributed by atoms with Gasteiger partial charge >= 0.3 is 6.09 Å². The first kappa shape index (κ1) is 8.08. The molecule has 12 heavy (non-hydrogen) atoms. The Bertz CT molecular complexity index is 341. The fourth-order valence-electron chi connectivity index (χ4n) is 0.655. The Morgan fingerprint density at radius 1 is 1.67 bits per heavy atom. The van der Waals surface area contributed by atoms with Crippen LogP contribution in [-0.2, 0) is 0 Å². The number of amides is 1. The average Bonchev–Trinajstić information content (AvgIpc) is 2.03. The minimum atomic E-state index is -0.906. The van der Waals surface area contributed by atoms with Gasteiger partial charge in [-0.2, -0.15) is 0 Å². The molecule has 0 aliphatic heterocycles. The van der Waals surface area contributed by atoms with Crippen molar-refractivity contribution in [3.05, 3.63) is 23.9 Å². The lowest BCUT2D eigenvalue weighted by atomic mass is 10.4. The third-order valence-electron chi connectivity index (χ3n) is 1.08. The predicted molar refractivity (Wildman–Crippen MR) is 42.4 cm³/mol. The molecule has 0 aromatic carbocycles. The third-order valence-corrected chi connectivity index (χ3v) is 1.08. The second-order valence-electron chi connectivity index (χ2n) is 1.93. The zero-order valence-corrected chi connectivity index (χ0v) is 6.15. The van der Waals surface area contributed by atoms with Crippen molar-refractivity contribution in [3.63, 3.8) is 0 Å². The van der Waals surface area contributed by atoms with Crippen LogP contribution in [0.4, 0.5) is 4.79 Å². The van der Waals surface area contributed by atoms with Crippen molar-refractivity contribution in [3.8, 4) is 18.2 Å². The van der Waals surface area contributed by atoms with Crippen LogP contribution in [-0.4, -0.2) is 11.1 Å². The van der Waals surface area contributed by atoms with Gasteiger partial charge < -0.3 is 10.5 Å². The first-order chi connectivity index (χ1) is 5.72. The Balaban J connectivity index is 2.88. The summed E-state index contributed by atoms with van der Waals surface area (Å²) in [6.07, 6.45) is 4.16. The summed E-state index contributed by atoms with van der Waals surface area (Å²) < 4.78 is 4.49. The van der Waals surface area contributed by atoms with Gasteiger partial charge in [-0.1, -0.05) is 12.0 Å². The summed E-state index contributed by atoms with van der Waals surface area (Å²) in [6, 6.07) is 4.74. The van der Waals surface area contributed by atoms with Gasteiger partial charge in [0, 0.05) is 6.07 Å². The minimum Gasteiger partial charge on any atom is -0.391 e. The van der Waals surface area contributed by atoms with Crippen LogP contribution >= 0.6 is 0 Å². The van der Waals surface area contributed by atoms with E-state index in [0.29, 0.717) is 5.69 Å². The van der Waals surface area contributed by atoms with Gasteiger partial charge in [0.25, 0.3) is 0 Å². The highest BCUT2D eigenvalue weighted by Gasteiger charge is 1.99. The summed E-state index contributed by atoms with van der Waals surface area (Å²) in [5.74, 6) is 2.41. The van der Waals surface area contributed by atoms with E-state index in [1.807, 2.05) is 0 Å². The van der Waals surface area contributed by atoms with Gasteiger partial charge in [0.15, 0.2) is 0 Å². The highest BCUT2D eigenvalue weighted by Crippen LogP contribution is 2.05. The monoisotopic (exact) mass is 162 g/mol. The summed E-state index contributed by atoms with van der Waals surface area (Å²) >= 11 is 0. The van der Waals surface area contributed by atoms with E-state index in [-0.39, 0.29) is 5.88 Å². The number of rotatable bonds is 1. The molecule has 0 aliphatic carbocycles. The Labute approximate surface area is 69.4 Å². The Morgan fingerprint density at radius 2 is 2.42 bits per heavy atom. The Morgan fingerprint density at radius 3 is 3.00 bits per heavy atom. The molecule has 0 radical (unpaired) electrons. The summed E-state index contributed by atoms with van der Waals surface area (Å²) in [5.41, 5.74) is 5.16. The summed E-state index contributed by atoms with van der Waals surface area (Å²) in [5, 5.41) is 0. The predicted octanol–water partition coefficient (Wildman–Crippen LogP) is 0.520. The Kier molecular flexibility index (Phi) is 2.29. The van der Waals surface area contributed by atoms with Crippen LogP contribution in [0.5, 0.6) is 5.88 Å². The third kappa shape index (κ3) is 1.99. The maximum Gasteiger partial charge on any atom is 0.411 e. The average molecular weight is 162 g/mol. The number of ether oxygens (including phenoxy) is 1. The van der Waals surface area contributed by atoms with Crippen molar-refractivity contribution in [2.24, 2.45) is 5.73 Å². The number of nitrogens with zero attached hydrogens (tertiary/aromatic N) is 1. The maximum atomic E-state index is 10.3. The zero-order chi connectivity index (χ0) is 8.97. The smallest absolute Gasteiger partial charge is 0.391 e. The first-order valence-corrected chi connectivity index (χ1v) is 3.13. The lowest BCUT2D eigenvalue weighted by Crippen LogP contribution is -2.16. The normalized spacial score (nSPS) is 8.58. The molecule has 0 saturated heterocycles. The molecule has 4 heteroatoms. The van der Waals surface area contributed by atoms with Gasteiger partial charge in [-0.05, 0) is 6.07 Å². The molecule has 0 saturated carbocycles. The lowest BCUT2D eigenvalue weighted by Gasteiger charge is -1.98. The molecule has 0 aliphatic rings. The molecule has 1 rings (SSSR count). The van der Waals surface area contributed by atoms with Crippen molar-refractivity contribution in [2.75, 3.05) is 0 Å². The summed E-state index contributed by atoms with van der Waals surface area (Å²) in [4.78, 5) is 14.0. The molecular weight excluding hydrogens is 156 g/mol. The fraction of sp³-hybridized carbons (Fsp3) is 0. The van der Waals surface area contributed by atoms with Crippen molar-refractivity contribution in [2.45, 2.75) is 0 Å². The van der Waals surface area contributed by atoms with Crippen LogP contribution in [0.25, 0.3) is 0 Å². The van der Waals surface area contributed by atoms with Crippen molar-refractivity contribution in [1.29, 1.82) is 0 Å². The van der Waals surface area contributed by atoms with Crippen LogP contribution in [0.1, 0.15) is 5.69 Å². The van der Waals surface area contributed by atoms with E-state index in [4.69, 9.17) is 12.2 Å². The number of primary amides is 1. The maximum absolute atomic E-state index is 10.3. The number of aromatic nitrogens is 1. The molecule has 0 atom stereocenters. The second-order valence-corrected chi connectivity index (χ2v) is 1.93.